The van der Waals surface area contributed by atoms with Gasteiger partial charge in [-0.25, -0.2) is 0 Å². The molecule has 0 heterocycles. The van der Waals surface area contributed by atoms with Crippen LogP contribution in [0, 0.1) is 0 Å². The van der Waals surface area contributed by atoms with Crippen LogP contribution in [-0.4, -0.2) is 23.9 Å². The van der Waals surface area contributed by atoms with Crippen molar-refractivity contribution in [2.45, 2.75) is 12.5 Å². The number of ether oxygens (including phenoxy) is 1. The topological polar surface area (TPSA) is 49.7 Å². The van der Waals surface area contributed by atoms with Crippen LogP contribution in [0.5, 0.6) is 5.75 Å². The molecule has 0 bridgehead atoms. The molecule has 0 saturated carbocycles. The van der Waals surface area contributed by atoms with E-state index < -0.39 is 5.60 Å². The molecule has 1 unspecified atom stereocenters. The van der Waals surface area contributed by atoms with Crippen molar-refractivity contribution in [2.75, 3.05) is 13.7 Å². The lowest BCUT2D eigenvalue weighted by atomic mass is 9.96. The molecule has 0 aliphatic carbocycles. The highest BCUT2D eigenvalue weighted by Gasteiger charge is 2.25. The number of methoxy groups -OCH3 is 1. The van der Waals surface area contributed by atoms with E-state index in [2.05, 4.69) is 0 Å². The fraction of sp³-hybridized carbons (Fsp3) is 0.400. The molecule has 13 heavy (non-hydrogen) atoms. The molecule has 0 amide bonds. The Morgan fingerprint density at radius 3 is 2.54 bits per heavy atom. The van der Waals surface area contributed by atoms with Gasteiger partial charge in [-0.15, -0.1) is 0 Å². The van der Waals surface area contributed by atoms with Crippen LogP contribution in [0.25, 0.3) is 0 Å². The second-order valence-electron chi connectivity index (χ2n) is 3.13. The van der Waals surface area contributed by atoms with E-state index in [9.17, 15) is 5.11 Å². The summed E-state index contributed by atoms with van der Waals surface area (Å²) in [6, 6.07) is 7.09. The molecule has 3 heteroatoms. The van der Waals surface area contributed by atoms with Crippen molar-refractivity contribution in [2.24, 2.45) is 0 Å². The number of hydrogen-bond donors (Lipinski definition) is 2. The zero-order valence-corrected chi connectivity index (χ0v) is 7.82. The number of rotatable bonds is 3. The summed E-state index contributed by atoms with van der Waals surface area (Å²) in [4.78, 5) is 0. The maximum atomic E-state index is 9.78. The minimum absolute atomic E-state index is 0.326. The van der Waals surface area contributed by atoms with Gasteiger partial charge >= 0.3 is 0 Å². The third-order valence-corrected chi connectivity index (χ3v) is 2.00. The molecule has 0 fully saturated rings. The molecule has 0 spiro atoms. The monoisotopic (exact) mass is 182 g/mol. The van der Waals surface area contributed by atoms with Gasteiger partial charge in [0.25, 0.3) is 0 Å². The van der Waals surface area contributed by atoms with Crippen LogP contribution >= 0.6 is 0 Å². The van der Waals surface area contributed by atoms with Gasteiger partial charge in [0.15, 0.2) is 0 Å². The van der Waals surface area contributed by atoms with Gasteiger partial charge in [-0.2, -0.15) is 0 Å². The quantitative estimate of drug-likeness (QED) is 0.730. The van der Waals surface area contributed by atoms with Crippen LogP contribution < -0.4 is 4.74 Å². The largest absolute Gasteiger partial charge is 0.496 e. The Balaban J connectivity index is 3.12. The van der Waals surface area contributed by atoms with E-state index in [0.717, 1.165) is 0 Å². The lowest BCUT2D eigenvalue weighted by Gasteiger charge is -2.22. The van der Waals surface area contributed by atoms with Crippen molar-refractivity contribution >= 4 is 0 Å². The van der Waals surface area contributed by atoms with Crippen molar-refractivity contribution in [1.82, 2.24) is 0 Å². The van der Waals surface area contributed by atoms with E-state index in [1.807, 2.05) is 6.07 Å². The molecule has 1 aromatic carbocycles. The number of aliphatic hydroxyl groups excluding tert-OH is 1. The van der Waals surface area contributed by atoms with Crippen molar-refractivity contribution in [3.8, 4) is 5.75 Å². The van der Waals surface area contributed by atoms with Crippen molar-refractivity contribution < 1.29 is 14.9 Å². The summed E-state index contributed by atoms with van der Waals surface area (Å²) < 4.78 is 5.06. The first kappa shape index (κ1) is 10.0. The van der Waals surface area contributed by atoms with Crippen LogP contribution in [0.1, 0.15) is 12.5 Å². The van der Waals surface area contributed by atoms with Gasteiger partial charge in [0.2, 0.25) is 0 Å². The first-order valence-electron chi connectivity index (χ1n) is 4.08. The van der Waals surface area contributed by atoms with Gasteiger partial charge in [0, 0.05) is 5.56 Å². The normalized spacial score (nSPS) is 15.1. The number of para-hydroxylation sites is 1. The molecular weight excluding hydrogens is 168 g/mol. The Kier molecular flexibility index (Phi) is 2.90. The molecule has 1 aromatic rings. The maximum absolute atomic E-state index is 9.78. The molecular formula is C10H14O3. The summed E-state index contributed by atoms with van der Waals surface area (Å²) in [7, 11) is 1.53. The first-order valence-corrected chi connectivity index (χ1v) is 4.08. The van der Waals surface area contributed by atoms with Crippen LogP contribution in [0.3, 0.4) is 0 Å². The fourth-order valence-electron chi connectivity index (χ4n) is 1.17. The van der Waals surface area contributed by atoms with E-state index in [1.54, 1.807) is 25.1 Å². The van der Waals surface area contributed by atoms with Crippen LogP contribution in [0.15, 0.2) is 24.3 Å². The van der Waals surface area contributed by atoms with Crippen LogP contribution in [-0.2, 0) is 5.60 Å². The van der Waals surface area contributed by atoms with Gasteiger partial charge in [0.1, 0.15) is 11.4 Å². The predicted molar refractivity (Wildman–Crippen MR) is 49.7 cm³/mol. The third-order valence-electron chi connectivity index (χ3n) is 2.00. The molecule has 0 aliphatic rings. The summed E-state index contributed by atoms with van der Waals surface area (Å²) in [6.45, 7) is 1.22. The predicted octanol–water partition coefficient (Wildman–Crippen LogP) is 0.895. The number of hydrogen-bond acceptors (Lipinski definition) is 3. The highest BCUT2D eigenvalue weighted by atomic mass is 16.5. The highest BCUT2D eigenvalue weighted by molar-refractivity contribution is 5.37. The third kappa shape index (κ3) is 1.99. The van der Waals surface area contributed by atoms with Gasteiger partial charge in [-0.05, 0) is 13.0 Å². The Labute approximate surface area is 77.6 Å². The Morgan fingerprint density at radius 1 is 1.38 bits per heavy atom. The van der Waals surface area contributed by atoms with E-state index in [4.69, 9.17) is 9.84 Å². The lowest BCUT2D eigenvalue weighted by molar-refractivity contribution is -0.00402. The molecule has 1 rings (SSSR count). The summed E-state index contributed by atoms with van der Waals surface area (Å²) in [5.41, 5.74) is -0.646. The molecule has 72 valence electrons. The lowest BCUT2D eigenvalue weighted by Crippen LogP contribution is -2.26. The SMILES string of the molecule is COc1ccccc1C(C)(O)CO. The average Bonchev–Trinajstić information content (AvgIpc) is 2.18. The van der Waals surface area contributed by atoms with E-state index in [0.29, 0.717) is 11.3 Å². The van der Waals surface area contributed by atoms with Crippen LogP contribution in [0.2, 0.25) is 0 Å². The minimum Gasteiger partial charge on any atom is -0.496 e. The molecule has 2 N–H and O–H groups in total. The first-order chi connectivity index (χ1) is 6.11. The second kappa shape index (κ2) is 3.77. The zero-order chi connectivity index (χ0) is 9.90. The molecule has 0 aromatic heterocycles. The fourth-order valence-corrected chi connectivity index (χ4v) is 1.17. The highest BCUT2D eigenvalue weighted by Crippen LogP contribution is 2.28. The Bertz CT molecular complexity index is 281. The summed E-state index contributed by atoms with van der Waals surface area (Å²) >= 11 is 0. The summed E-state index contributed by atoms with van der Waals surface area (Å²) in [5, 5.41) is 18.7. The maximum Gasteiger partial charge on any atom is 0.125 e. The molecule has 0 radical (unpaired) electrons. The Morgan fingerprint density at radius 2 is 2.00 bits per heavy atom. The molecule has 1 atom stereocenters. The zero-order valence-electron chi connectivity index (χ0n) is 7.82. The van der Waals surface area contributed by atoms with Gasteiger partial charge < -0.3 is 14.9 Å². The van der Waals surface area contributed by atoms with Gasteiger partial charge in [-0.3, -0.25) is 0 Å². The average molecular weight is 182 g/mol. The molecule has 0 saturated heterocycles. The van der Waals surface area contributed by atoms with Crippen molar-refractivity contribution in [3.05, 3.63) is 29.8 Å². The smallest absolute Gasteiger partial charge is 0.125 e. The van der Waals surface area contributed by atoms with E-state index >= 15 is 0 Å². The summed E-state index contributed by atoms with van der Waals surface area (Å²) in [6.07, 6.45) is 0. The van der Waals surface area contributed by atoms with E-state index in [-0.39, 0.29) is 6.61 Å². The van der Waals surface area contributed by atoms with E-state index in [1.165, 1.54) is 7.11 Å². The van der Waals surface area contributed by atoms with Gasteiger partial charge in [0.05, 0.1) is 13.7 Å². The van der Waals surface area contributed by atoms with Crippen molar-refractivity contribution in [3.63, 3.8) is 0 Å². The van der Waals surface area contributed by atoms with Crippen LogP contribution in [0.4, 0.5) is 0 Å². The summed E-state index contributed by atoms with van der Waals surface area (Å²) in [5.74, 6) is 0.585. The number of aliphatic hydroxyl groups is 2. The Hall–Kier alpha value is -1.06. The minimum atomic E-state index is -1.24. The standard InChI is InChI=1S/C10H14O3/c1-10(12,7-11)8-5-3-4-6-9(8)13-2/h3-6,11-12H,7H2,1-2H3. The molecule has 3 nitrogen and oxygen atoms in total. The van der Waals surface area contributed by atoms with Crippen molar-refractivity contribution in [1.29, 1.82) is 0 Å². The number of benzene rings is 1. The second-order valence-corrected chi connectivity index (χ2v) is 3.13. The molecule has 0 aliphatic heterocycles. The van der Waals surface area contributed by atoms with Gasteiger partial charge in [-0.1, -0.05) is 18.2 Å².